The molecule has 0 unspecified atom stereocenters. The third-order valence-electron chi connectivity index (χ3n) is 9.35. The molecule has 0 saturated heterocycles. The number of rotatable bonds is 6. The number of carbonyl (C=O) groups is 4. The Hall–Kier alpha value is -1.32. The van der Waals surface area contributed by atoms with Gasteiger partial charge < -0.3 is 24.9 Å². The van der Waals surface area contributed by atoms with Crippen molar-refractivity contribution >= 4 is 23.5 Å². The zero-order valence-corrected chi connectivity index (χ0v) is 22.9. The zero-order valence-electron chi connectivity index (χ0n) is 20.9. The third kappa shape index (κ3) is 4.29. The van der Waals surface area contributed by atoms with Crippen LogP contribution in [0.3, 0.4) is 0 Å². The minimum Gasteiger partial charge on any atom is -0.550 e. The van der Waals surface area contributed by atoms with Gasteiger partial charge in [0, 0.05) is 22.7 Å². The number of ether oxygens (including phenoxy) is 1. The van der Waals surface area contributed by atoms with Gasteiger partial charge in [0.05, 0.1) is 12.5 Å². The van der Waals surface area contributed by atoms with Crippen LogP contribution < -0.4 is 34.7 Å². The van der Waals surface area contributed by atoms with E-state index in [1.165, 1.54) is 0 Å². The molecule has 4 rings (SSSR count). The van der Waals surface area contributed by atoms with Crippen molar-refractivity contribution in [3.8, 4) is 0 Å². The maximum atomic E-state index is 13.1. The Bertz CT molecular complexity index is 988. The van der Waals surface area contributed by atoms with Gasteiger partial charge in [0.1, 0.15) is 6.61 Å². The van der Waals surface area contributed by atoms with Gasteiger partial charge >= 0.3 is 35.5 Å². The minimum atomic E-state index is -1.62. The first-order chi connectivity index (χ1) is 15.9. The molecule has 4 aliphatic rings. The summed E-state index contributed by atoms with van der Waals surface area (Å²) in [6, 6.07) is 0. The number of carbonyl (C=O) groups excluding carboxylic acids is 4. The van der Waals surface area contributed by atoms with Crippen LogP contribution in [0.4, 0.5) is 0 Å². The van der Waals surface area contributed by atoms with Crippen LogP contribution in [-0.4, -0.2) is 52.0 Å². The second-order valence-electron chi connectivity index (χ2n) is 11.0. The van der Waals surface area contributed by atoms with Gasteiger partial charge in [0.2, 0.25) is 5.78 Å². The Balaban J connectivity index is 0.00000342. The Morgan fingerprint density at radius 3 is 2.54 bits per heavy atom. The second kappa shape index (κ2) is 9.86. The van der Waals surface area contributed by atoms with Crippen LogP contribution in [0.2, 0.25) is 0 Å². The van der Waals surface area contributed by atoms with Crippen LogP contribution in [0, 0.1) is 34.5 Å². The van der Waals surface area contributed by atoms with Gasteiger partial charge in [-0.15, -0.1) is 0 Å². The number of carboxylic acid groups (broad SMARTS) is 1. The Morgan fingerprint density at radius 1 is 1.23 bits per heavy atom. The van der Waals surface area contributed by atoms with Crippen molar-refractivity contribution in [2.45, 2.75) is 71.0 Å². The summed E-state index contributed by atoms with van der Waals surface area (Å²) in [6.07, 6.45) is 5.09. The molecule has 35 heavy (non-hydrogen) atoms. The molecule has 8 atom stereocenters. The first-order valence-corrected chi connectivity index (χ1v) is 12.1. The summed E-state index contributed by atoms with van der Waals surface area (Å²) in [5.74, 6) is -2.99. The van der Waals surface area contributed by atoms with Crippen molar-refractivity contribution in [1.82, 2.24) is 0 Å². The molecule has 0 radical (unpaired) electrons. The van der Waals surface area contributed by atoms with Gasteiger partial charge in [-0.1, -0.05) is 32.4 Å². The Morgan fingerprint density at radius 2 is 1.91 bits per heavy atom. The number of carboxylic acids is 1. The molecule has 0 bridgehead atoms. The van der Waals surface area contributed by atoms with E-state index in [0.717, 1.165) is 12.0 Å². The van der Waals surface area contributed by atoms with Gasteiger partial charge in [-0.05, 0) is 62.0 Å². The SMILES string of the molecule is C[C@H]1C[C@@H]2[C@H]([C@@H](O)C[C@@]3(C)[C@H]2CC[C@]3(OC(=O)CCC(=O)[O-])C(=O)CO)[C@@]2(C)C=CC(=O)C=C12.[Na+]. The fraction of sp³-hybridized carbons (Fsp3) is 0.692. The summed E-state index contributed by atoms with van der Waals surface area (Å²) in [5, 5.41) is 32.1. The molecular formula is C26H33NaO8. The first kappa shape index (κ1) is 28.3. The van der Waals surface area contributed by atoms with Crippen LogP contribution in [0.1, 0.15) is 59.3 Å². The predicted molar refractivity (Wildman–Crippen MR) is 118 cm³/mol. The molecule has 2 N–H and O–H groups in total. The Kier molecular flexibility index (Phi) is 7.96. The molecule has 0 aromatic carbocycles. The number of Topliss-reactive ketones (excluding diaryl/α,β-unsaturated/α-hetero) is 1. The number of hydrogen-bond donors (Lipinski definition) is 2. The van der Waals surface area contributed by atoms with Gasteiger partial charge in [-0.2, -0.15) is 0 Å². The van der Waals surface area contributed by atoms with Gasteiger partial charge in [-0.3, -0.25) is 14.4 Å². The standard InChI is InChI=1S/C26H34O8.Na/c1-14-10-16-17-7-9-26(20(30)13-27,34-22(33)5-4-21(31)32)25(17,3)12-19(29)23(16)24(2)8-6-15(28)11-18(14)24;/h6,8,11,14,16-17,19,23,27,29H,4-5,7,9-10,12-13H2,1-3H3,(H,31,32);/q;+1/p-1/t14-,16-,17-,19-,23+,24-,25-,26-;/m0./s1. The van der Waals surface area contributed by atoms with E-state index in [-0.39, 0.29) is 71.9 Å². The monoisotopic (exact) mass is 496 g/mol. The summed E-state index contributed by atoms with van der Waals surface area (Å²) in [5.41, 5.74) is -2.02. The number of ketones is 2. The molecule has 0 spiro atoms. The maximum Gasteiger partial charge on any atom is 1.00 e. The van der Waals surface area contributed by atoms with Crippen molar-refractivity contribution in [1.29, 1.82) is 0 Å². The third-order valence-corrected chi connectivity index (χ3v) is 9.35. The summed E-state index contributed by atoms with van der Waals surface area (Å²) in [6.45, 7) is 5.17. The number of fused-ring (bicyclic) bond motifs is 5. The van der Waals surface area contributed by atoms with E-state index >= 15 is 0 Å². The molecular weight excluding hydrogens is 463 g/mol. The fourth-order valence-electron chi connectivity index (χ4n) is 8.00. The van der Waals surface area contributed by atoms with Crippen LogP contribution in [0.5, 0.6) is 0 Å². The summed E-state index contributed by atoms with van der Waals surface area (Å²) in [7, 11) is 0. The van der Waals surface area contributed by atoms with Gasteiger partial charge in [-0.25, -0.2) is 0 Å². The van der Waals surface area contributed by atoms with E-state index in [0.29, 0.717) is 6.42 Å². The van der Waals surface area contributed by atoms with E-state index in [2.05, 4.69) is 13.8 Å². The smallest absolute Gasteiger partial charge is 0.550 e. The first-order valence-electron chi connectivity index (χ1n) is 12.1. The number of allylic oxidation sites excluding steroid dienone is 4. The second-order valence-corrected chi connectivity index (χ2v) is 11.0. The van der Waals surface area contributed by atoms with E-state index in [4.69, 9.17) is 4.74 Å². The molecule has 9 heteroatoms. The number of aliphatic hydroxyl groups excluding tert-OH is 2. The molecule has 8 nitrogen and oxygen atoms in total. The van der Waals surface area contributed by atoms with E-state index < -0.39 is 59.7 Å². The number of esters is 1. The van der Waals surface area contributed by atoms with Gasteiger partial charge in [0.15, 0.2) is 11.4 Å². The van der Waals surface area contributed by atoms with Crippen LogP contribution in [-0.2, 0) is 23.9 Å². The van der Waals surface area contributed by atoms with Crippen LogP contribution >= 0.6 is 0 Å². The minimum absolute atomic E-state index is 0. The molecule has 0 heterocycles. The summed E-state index contributed by atoms with van der Waals surface area (Å²) < 4.78 is 5.75. The molecule has 3 fully saturated rings. The summed E-state index contributed by atoms with van der Waals surface area (Å²) in [4.78, 5) is 48.6. The van der Waals surface area contributed by atoms with E-state index in [9.17, 15) is 34.5 Å². The largest absolute Gasteiger partial charge is 1.00 e. The molecule has 0 aromatic rings. The van der Waals surface area contributed by atoms with Gasteiger partial charge in [0.25, 0.3) is 0 Å². The van der Waals surface area contributed by atoms with Crippen molar-refractivity contribution in [2.75, 3.05) is 6.61 Å². The van der Waals surface area contributed by atoms with Crippen molar-refractivity contribution in [3.63, 3.8) is 0 Å². The van der Waals surface area contributed by atoms with E-state index in [1.807, 2.05) is 13.0 Å². The molecule has 0 aromatic heterocycles. The number of aliphatic hydroxyl groups is 2. The molecule has 186 valence electrons. The Labute approximate surface area is 227 Å². The molecule has 0 aliphatic heterocycles. The average molecular weight is 497 g/mol. The van der Waals surface area contributed by atoms with E-state index in [1.54, 1.807) is 12.2 Å². The summed E-state index contributed by atoms with van der Waals surface area (Å²) >= 11 is 0. The number of hydrogen-bond acceptors (Lipinski definition) is 8. The molecule has 4 aliphatic carbocycles. The predicted octanol–water partition coefficient (Wildman–Crippen LogP) is -2.11. The average Bonchev–Trinajstić information content (AvgIpc) is 3.05. The van der Waals surface area contributed by atoms with Crippen molar-refractivity contribution in [3.05, 3.63) is 23.8 Å². The quantitative estimate of drug-likeness (QED) is 0.314. The van der Waals surface area contributed by atoms with Crippen molar-refractivity contribution in [2.24, 2.45) is 34.5 Å². The topological polar surface area (TPSA) is 141 Å². The fourth-order valence-corrected chi connectivity index (χ4v) is 8.00. The van der Waals surface area contributed by atoms with Crippen LogP contribution in [0.25, 0.3) is 0 Å². The number of aliphatic carboxylic acids is 1. The molecule has 3 saturated carbocycles. The molecule has 0 amide bonds. The zero-order chi connectivity index (χ0) is 25.1. The maximum absolute atomic E-state index is 13.1. The normalized spacial score (nSPS) is 41.6. The van der Waals surface area contributed by atoms with Crippen molar-refractivity contribution < 1.29 is 68.8 Å². The van der Waals surface area contributed by atoms with Crippen LogP contribution in [0.15, 0.2) is 23.8 Å².